The van der Waals surface area contributed by atoms with Gasteiger partial charge in [-0.2, -0.15) is 0 Å². The van der Waals surface area contributed by atoms with E-state index in [1.54, 1.807) is 43.5 Å². The lowest BCUT2D eigenvalue weighted by Gasteiger charge is -2.22. The molecule has 1 atom stereocenters. The second-order valence-electron chi connectivity index (χ2n) is 7.43. The van der Waals surface area contributed by atoms with Gasteiger partial charge in [-0.15, -0.1) is 24.0 Å². The van der Waals surface area contributed by atoms with Crippen molar-refractivity contribution in [1.82, 2.24) is 20.2 Å². The van der Waals surface area contributed by atoms with Crippen molar-refractivity contribution < 1.29 is 9.13 Å². The van der Waals surface area contributed by atoms with Gasteiger partial charge in [0.1, 0.15) is 11.6 Å². The Morgan fingerprint density at radius 1 is 1.25 bits per heavy atom. The van der Waals surface area contributed by atoms with Crippen LogP contribution in [-0.2, 0) is 6.54 Å². The molecule has 1 aromatic heterocycles. The highest BCUT2D eigenvalue weighted by Gasteiger charge is 2.25. The maximum atomic E-state index is 14.5. The number of hydrogen-bond acceptors (Lipinski definition) is 4. The summed E-state index contributed by atoms with van der Waals surface area (Å²) in [5, 5.41) is 6.75. The number of nitrogens with zero attached hydrogens (tertiary/aromatic N) is 4. The molecule has 9 heteroatoms. The van der Waals surface area contributed by atoms with Crippen molar-refractivity contribution >= 4 is 35.6 Å². The van der Waals surface area contributed by atoms with Crippen LogP contribution in [-0.4, -0.2) is 48.8 Å². The summed E-state index contributed by atoms with van der Waals surface area (Å²) in [7, 11) is 3.44. The lowest BCUT2D eigenvalue weighted by atomic mass is 10.2. The summed E-state index contributed by atoms with van der Waals surface area (Å²) in [6.07, 6.45) is 5.92. The van der Waals surface area contributed by atoms with E-state index in [0.29, 0.717) is 18.2 Å². The van der Waals surface area contributed by atoms with E-state index in [2.05, 4.69) is 31.6 Å². The molecule has 1 aliphatic rings. The minimum Gasteiger partial charge on any atom is -0.495 e. The Kier molecular flexibility index (Phi) is 8.32. The van der Waals surface area contributed by atoms with Crippen LogP contribution in [0.3, 0.4) is 0 Å². The lowest BCUT2D eigenvalue weighted by molar-refractivity contribution is 0.415. The molecule has 0 spiro atoms. The SMILES string of the molecule is CN=C(NCc1ccc(-n2ccnc2)c(F)c1)NC1CCN(c2ccccc2OC)C1.I. The number of anilines is 1. The zero-order chi connectivity index (χ0) is 21.6. The number of para-hydroxylation sites is 2. The molecule has 2 N–H and O–H groups in total. The number of imidazole rings is 1. The first-order valence-corrected chi connectivity index (χ1v) is 10.3. The van der Waals surface area contributed by atoms with E-state index in [-0.39, 0.29) is 35.8 Å². The third-order valence-electron chi connectivity index (χ3n) is 5.43. The molecule has 0 saturated carbocycles. The van der Waals surface area contributed by atoms with Crippen LogP contribution in [0, 0.1) is 5.82 Å². The second kappa shape index (κ2) is 11.2. The summed E-state index contributed by atoms with van der Waals surface area (Å²) >= 11 is 0. The molecular weight excluding hydrogens is 522 g/mol. The Morgan fingerprint density at radius 2 is 2.09 bits per heavy atom. The van der Waals surface area contributed by atoms with Gasteiger partial charge in [-0.25, -0.2) is 9.37 Å². The van der Waals surface area contributed by atoms with Crippen molar-refractivity contribution in [3.63, 3.8) is 0 Å². The van der Waals surface area contributed by atoms with Crippen molar-refractivity contribution in [2.75, 3.05) is 32.1 Å². The van der Waals surface area contributed by atoms with Crippen molar-refractivity contribution in [3.05, 3.63) is 72.6 Å². The Morgan fingerprint density at radius 3 is 2.81 bits per heavy atom. The monoisotopic (exact) mass is 550 g/mol. The van der Waals surface area contributed by atoms with E-state index in [9.17, 15) is 4.39 Å². The highest BCUT2D eigenvalue weighted by Crippen LogP contribution is 2.30. The average Bonchev–Trinajstić information content (AvgIpc) is 3.49. The van der Waals surface area contributed by atoms with Crippen molar-refractivity contribution in [2.24, 2.45) is 4.99 Å². The minimum atomic E-state index is -0.288. The van der Waals surface area contributed by atoms with Crippen molar-refractivity contribution in [3.8, 4) is 11.4 Å². The van der Waals surface area contributed by atoms with E-state index < -0.39 is 0 Å². The van der Waals surface area contributed by atoms with Gasteiger partial charge in [0.2, 0.25) is 0 Å². The zero-order valence-corrected chi connectivity index (χ0v) is 20.5. The molecule has 2 aromatic carbocycles. The standard InChI is InChI=1S/C23H27FN6O.HI/c1-25-23(27-14-17-7-8-20(19(24)13-17)30-12-10-26-16-30)28-18-9-11-29(15-18)21-5-3-4-6-22(21)31-2;/h3-8,10,12-13,16,18H,9,11,14-15H2,1-2H3,(H2,25,27,28);1H. The number of methoxy groups -OCH3 is 1. The van der Waals surface area contributed by atoms with Crippen LogP contribution in [0.5, 0.6) is 5.75 Å². The molecule has 0 radical (unpaired) electrons. The molecule has 32 heavy (non-hydrogen) atoms. The van der Waals surface area contributed by atoms with Crippen LogP contribution < -0.4 is 20.3 Å². The number of ether oxygens (including phenoxy) is 1. The number of guanidine groups is 1. The summed E-state index contributed by atoms with van der Waals surface area (Å²) in [5.41, 5.74) is 2.42. The molecule has 0 amide bonds. The molecular formula is C23H28FIN6O. The molecule has 0 aliphatic carbocycles. The first-order valence-electron chi connectivity index (χ1n) is 10.3. The van der Waals surface area contributed by atoms with E-state index in [4.69, 9.17) is 4.74 Å². The van der Waals surface area contributed by atoms with E-state index in [1.807, 2.05) is 24.3 Å². The first-order chi connectivity index (χ1) is 15.2. The normalized spacial score (nSPS) is 15.9. The molecule has 3 aromatic rings. The summed E-state index contributed by atoms with van der Waals surface area (Å²) in [5.74, 6) is 1.29. The number of nitrogens with one attached hydrogen (secondary N) is 2. The average molecular weight is 550 g/mol. The summed E-state index contributed by atoms with van der Waals surface area (Å²) in [6.45, 7) is 2.27. The van der Waals surface area contributed by atoms with Crippen LogP contribution >= 0.6 is 24.0 Å². The van der Waals surface area contributed by atoms with Gasteiger partial charge >= 0.3 is 0 Å². The molecule has 4 rings (SSSR count). The lowest BCUT2D eigenvalue weighted by Crippen LogP contribution is -2.44. The summed E-state index contributed by atoms with van der Waals surface area (Å²) in [6, 6.07) is 13.5. The van der Waals surface area contributed by atoms with Crippen LogP contribution in [0.25, 0.3) is 5.69 Å². The van der Waals surface area contributed by atoms with Gasteiger partial charge in [-0.3, -0.25) is 4.99 Å². The Bertz CT molecular complexity index is 1040. The van der Waals surface area contributed by atoms with Gasteiger partial charge in [-0.05, 0) is 36.2 Å². The predicted octanol–water partition coefficient (Wildman–Crippen LogP) is 3.58. The molecule has 7 nitrogen and oxygen atoms in total. The number of aromatic nitrogens is 2. The van der Waals surface area contributed by atoms with E-state index >= 15 is 0 Å². The molecule has 1 aliphatic heterocycles. The highest BCUT2D eigenvalue weighted by atomic mass is 127. The topological polar surface area (TPSA) is 66.7 Å². The fourth-order valence-corrected chi connectivity index (χ4v) is 3.83. The van der Waals surface area contributed by atoms with Gasteiger partial charge < -0.3 is 24.8 Å². The predicted molar refractivity (Wildman–Crippen MR) is 136 cm³/mol. The molecule has 1 saturated heterocycles. The minimum absolute atomic E-state index is 0. The summed E-state index contributed by atoms with van der Waals surface area (Å²) in [4.78, 5) is 10.6. The molecule has 0 bridgehead atoms. The third-order valence-corrected chi connectivity index (χ3v) is 5.43. The number of rotatable bonds is 6. The second-order valence-corrected chi connectivity index (χ2v) is 7.43. The maximum absolute atomic E-state index is 14.5. The van der Waals surface area contributed by atoms with Crippen molar-refractivity contribution in [2.45, 2.75) is 19.0 Å². The van der Waals surface area contributed by atoms with Crippen LogP contribution in [0.1, 0.15) is 12.0 Å². The number of hydrogen-bond donors (Lipinski definition) is 2. The third kappa shape index (κ3) is 5.50. The van der Waals surface area contributed by atoms with E-state index in [1.165, 1.54) is 6.07 Å². The van der Waals surface area contributed by atoms with Gasteiger partial charge in [0.05, 0.1) is 24.8 Å². The van der Waals surface area contributed by atoms with Crippen molar-refractivity contribution in [1.29, 1.82) is 0 Å². The van der Waals surface area contributed by atoms with Crippen LogP contribution in [0.4, 0.5) is 10.1 Å². The molecule has 170 valence electrons. The molecule has 2 heterocycles. The van der Waals surface area contributed by atoms with Crippen LogP contribution in [0.2, 0.25) is 0 Å². The zero-order valence-electron chi connectivity index (χ0n) is 18.2. The smallest absolute Gasteiger partial charge is 0.191 e. The van der Waals surface area contributed by atoms with Crippen LogP contribution in [0.15, 0.2) is 66.2 Å². The Balaban J connectivity index is 0.00000289. The quantitative estimate of drug-likeness (QED) is 0.279. The Hall–Kier alpha value is -2.82. The Labute approximate surface area is 204 Å². The van der Waals surface area contributed by atoms with Gasteiger partial charge in [0, 0.05) is 45.1 Å². The highest BCUT2D eigenvalue weighted by molar-refractivity contribution is 14.0. The molecule has 1 unspecified atom stereocenters. The van der Waals surface area contributed by atoms with Gasteiger partial charge in [0.25, 0.3) is 0 Å². The van der Waals surface area contributed by atoms with Gasteiger partial charge in [0.15, 0.2) is 5.96 Å². The largest absolute Gasteiger partial charge is 0.495 e. The maximum Gasteiger partial charge on any atom is 0.191 e. The fraction of sp³-hybridized carbons (Fsp3) is 0.304. The van der Waals surface area contributed by atoms with E-state index in [0.717, 1.165) is 36.5 Å². The summed E-state index contributed by atoms with van der Waals surface area (Å²) < 4.78 is 21.6. The fourth-order valence-electron chi connectivity index (χ4n) is 3.83. The molecule has 1 fully saturated rings. The number of benzene rings is 2. The number of aliphatic imine (C=N–C) groups is 1. The number of halogens is 2. The van der Waals surface area contributed by atoms with Gasteiger partial charge in [-0.1, -0.05) is 18.2 Å². The first kappa shape index (κ1) is 23.8.